The second kappa shape index (κ2) is 6.30. The minimum absolute atomic E-state index is 0.0944. The van der Waals surface area contributed by atoms with Crippen LogP contribution >= 0.6 is 15.9 Å². The van der Waals surface area contributed by atoms with E-state index in [9.17, 15) is 14.4 Å². The molecular formula is C12H11BrO5. The van der Waals surface area contributed by atoms with E-state index in [0.717, 1.165) is 7.11 Å². The maximum atomic E-state index is 11.2. The molecule has 0 saturated heterocycles. The largest absolute Gasteiger partial charge is 0.461 e. The minimum atomic E-state index is -1.07. The van der Waals surface area contributed by atoms with E-state index in [0.29, 0.717) is 15.6 Å². The number of hydrogen-bond donors (Lipinski definition) is 0. The lowest BCUT2D eigenvalue weighted by molar-refractivity contribution is -0.166. The molecule has 6 heteroatoms. The fraction of sp³-hybridized carbons (Fsp3) is 0.250. The quantitative estimate of drug-likeness (QED) is 0.484. The highest BCUT2D eigenvalue weighted by molar-refractivity contribution is 9.10. The fourth-order valence-corrected chi connectivity index (χ4v) is 1.55. The number of methoxy groups -OCH3 is 1. The van der Waals surface area contributed by atoms with Gasteiger partial charge in [-0.05, 0) is 19.1 Å². The second-order valence-corrected chi connectivity index (χ2v) is 4.28. The fourth-order valence-electron chi connectivity index (χ4n) is 1.19. The summed E-state index contributed by atoms with van der Waals surface area (Å²) in [5, 5.41) is 0. The molecule has 0 unspecified atom stereocenters. The number of ether oxygens (including phenoxy) is 2. The summed E-state index contributed by atoms with van der Waals surface area (Å²) >= 11 is 3.27. The zero-order valence-corrected chi connectivity index (χ0v) is 11.4. The highest BCUT2D eigenvalue weighted by Crippen LogP contribution is 2.19. The predicted molar refractivity (Wildman–Crippen MR) is 66.0 cm³/mol. The van der Waals surface area contributed by atoms with Crippen LogP contribution in [-0.2, 0) is 25.7 Å². The number of Topliss-reactive ketones (excluding diaryl/α,β-unsaturated/α-hetero) is 1. The normalized spacial score (nSPS) is 9.72. The van der Waals surface area contributed by atoms with Gasteiger partial charge in [0, 0.05) is 15.6 Å². The topological polar surface area (TPSA) is 69.7 Å². The van der Waals surface area contributed by atoms with Crippen molar-refractivity contribution in [3.63, 3.8) is 0 Å². The van der Waals surface area contributed by atoms with E-state index in [1.807, 2.05) is 0 Å². The van der Waals surface area contributed by atoms with Crippen LogP contribution in [0.5, 0.6) is 0 Å². The third-order valence-electron chi connectivity index (χ3n) is 2.16. The molecule has 0 atom stereocenters. The molecule has 0 aromatic heterocycles. The number of ketones is 1. The van der Waals surface area contributed by atoms with Crippen molar-refractivity contribution in [3.05, 3.63) is 33.8 Å². The van der Waals surface area contributed by atoms with E-state index in [4.69, 9.17) is 4.74 Å². The van der Waals surface area contributed by atoms with Gasteiger partial charge in [0.05, 0.1) is 7.11 Å². The SMILES string of the molecule is COC(=O)C(=O)OCc1cc(C(C)=O)ccc1Br. The summed E-state index contributed by atoms with van der Waals surface area (Å²) in [5.74, 6) is -2.23. The molecule has 0 aliphatic rings. The zero-order chi connectivity index (χ0) is 13.7. The first kappa shape index (κ1) is 14.4. The molecule has 96 valence electrons. The summed E-state index contributed by atoms with van der Waals surface area (Å²) in [6.45, 7) is 1.32. The Kier molecular flexibility index (Phi) is 5.03. The van der Waals surface area contributed by atoms with Gasteiger partial charge in [-0.25, -0.2) is 9.59 Å². The molecule has 1 aromatic carbocycles. The third-order valence-corrected chi connectivity index (χ3v) is 2.94. The van der Waals surface area contributed by atoms with Crippen molar-refractivity contribution in [2.75, 3.05) is 7.11 Å². The number of hydrogen-bond acceptors (Lipinski definition) is 5. The number of carbonyl (C=O) groups is 3. The van der Waals surface area contributed by atoms with Crippen LogP contribution in [0, 0.1) is 0 Å². The van der Waals surface area contributed by atoms with Gasteiger partial charge in [-0.2, -0.15) is 0 Å². The Labute approximate surface area is 112 Å². The lowest BCUT2D eigenvalue weighted by atomic mass is 10.1. The molecule has 1 aromatic rings. The molecule has 0 amide bonds. The maximum Gasteiger partial charge on any atom is 0.417 e. The standard InChI is InChI=1S/C12H11BrO5/c1-7(14)8-3-4-10(13)9(5-8)6-18-12(16)11(15)17-2/h3-5H,6H2,1-2H3. The van der Waals surface area contributed by atoms with Crippen molar-refractivity contribution in [3.8, 4) is 0 Å². The molecule has 0 N–H and O–H groups in total. The third kappa shape index (κ3) is 3.66. The number of carbonyl (C=O) groups excluding carboxylic acids is 3. The summed E-state index contributed by atoms with van der Waals surface area (Å²) in [6.07, 6.45) is 0. The molecular weight excluding hydrogens is 304 g/mol. The van der Waals surface area contributed by atoms with E-state index in [1.54, 1.807) is 18.2 Å². The Hall–Kier alpha value is -1.69. The highest BCUT2D eigenvalue weighted by Gasteiger charge is 2.16. The van der Waals surface area contributed by atoms with E-state index in [1.165, 1.54) is 6.92 Å². The molecule has 5 nitrogen and oxygen atoms in total. The van der Waals surface area contributed by atoms with Gasteiger partial charge in [-0.3, -0.25) is 4.79 Å². The van der Waals surface area contributed by atoms with Crippen LogP contribution < -0.4 is 0 Å². The van der Waals surface area contributed by atoms with Crippen molar-refractivity contribution >= 4 is 33.7 Å². The van der Waals surface area contributed by atoms with E-state index >= 15 is 0 Å². The highest BCUT2D eigenvalue weighted by atomic mass is 79.9. The molecule has 0 saturated carbocycles. The van der Waals surface area contributed by atoms with Crippen molar-refractivity contribution in [2.24, 2.45) is 0 Å². The first-order chi connectivity index (χ1) is 8.45. The van der Waals surface area contributed by atoms with Crippen LogP contribution in [0.2, 0.25) is 0 Å². The summed E-state index contributed by atoms with van der Waals surface area (Å²) < 4.78 is 9.64. The summed E-state index contributed by atoms with van der Waals surface area (Å²) in [5.41, 5.74) is 1.10. The van der Waals surface area contributed by atoms with Crippen molar-refractivity contribution in [1.82, 2.24) is 0 Å². The molecule has 0 spiro atoms. The summed E-state index contributed by atoms with van der Waals surface area (Å²) in [6, 6.07) is 4.92. The number of esters is 2. The minimum Gasteiger partial charge on any atom is -0.461 e. The smallest absolute Gasteiger partial charge is 0.417 e. The van der Waals surface area contributed by atoms with Crippen molar-refractivity contribution in [1.29, 1.82) is 0 Å². The van der Waals surface area contributed by atoms with Crippen LogP contribution in [0.1, 0.15) is 22.8 Å². The zero-order valence-electron chi connectivity index (χ0n) is 9.86. The molecule has 18 heavy (non-hydrogen) atoms. The molecule has 0 heterocycles. The molecule has 0 radical (unpaired) electrons. The predicted octanol–water partition coefficient (Wildman–Crippen LogP) is 1.87. The van der Waals surface area contributed by atoms with Gasteiger partial charge in [0.1, 0.15) is 6.61 Å². The number of rotatable bonds is 3. The van der Waals surface area contributed by atoms with Gasteiger partial charge in [0.2, 0.25) is 0 Å². The number of halogens is 1. The maximum absolute atomic E-state index is 11.2. The molecule has 0 aliphatic heterocycles. The Morgan fingerprint density at radius 3 is 2.44 bits per heavy atom. The monoisotopic (exact) mass is 314 g/mol. The summed E-state index contributed by atoms with van der Waals surface area (Å²) in [4.78, 5) is 33.1. The summed E-state index contributed by atoms with van der Waals surface area (Å²) in [7, 11) is 1.09. The average Bonchev–Trinajstić information content (AvgIpc) is 2.36. The van der Waals surface area contributed by atoms with Gasteiger partial charge in [-0.1, -0.05) is 22.0 Å². The van der Waals surface area contributed by atoms with Gasteiger partial charge < -0.3 is 9.47 Å². The second-order valence-electron chi connectivity index (χ2n) is 3.43. The number of benzene rings is 1. The van der Waals surface area contributed by atoms with E-state index in [-0.39, 0.29) is 12.4 Å². The van der Waals surface area contributed by atoms with E-state index < -0.39 is 11.9 Å². The Morgan fingerprint density at radius 2 is 1.89 bits per heavy atom. The van der Waals surface area contributed by atoms with Crippen molar-refractivity contribution in [2.45, 2.75) is 13.5 Å². The van der Waals surface area contributed by atoms with Gasteiger partial charge in [0.25, 0.3) is 0 Å². The lowest BCUT2D eigenvalue weighted by Gasteiger charge is -2.07. The van der Waals surface area contributed by atoms with Gasteiger partial charge >= 0.3 is 11.9 Å². The Bertz CT molecular complexity index is 495. The molecule has 1 rings (SSSR count). The van der Waals surface area contributed by atoms with Crippen LogP contribution in [0.4, 0.5) is 0 Å². The average molecular weight is 315 g/mol. The Balaban J connectivity index is 2.78. The van der Waals surface area contributed by atoms with Crippen LogP contribution in [0.25, 0.3) is 0 Å². The lowest BCUT2D eigenvalue weighted by Crippen LogP contribution is -2.18. The Morgan fingerprint density at radius 1 is 1.22 bits per heavy atom. The van der Waals surface area contributed by atoms with Gasteiger partial charge in [-0.15, -0.1) is 0 Å². The molecule has 0 fully saturated rings. The van der Waals surface area contributed by atoms with Crippen LogP contribution in [0.3, 0.4) is 0 Å². The first-order valence-corrected chi connectivity index (χ1v) is 5.79. The van der Waals surface area contributed by atoms with Crippen molar-refractivity contribution < 1.29 is 23.9 Å². The van der Waals surface area contributed by atoms with E-state index in [2.05, 4.69) is 20.7 Å². The molecule has 0 aliphatic carbocycles. The van der Waals surface area contributed by atoms with Gasteiger partial charge in [0.15, 0.2) is 5.78 Å². The molecule has 0 bridgehead atoms. The first-order valence-electron chi connectivity index (χ1n) is 5.00. The van der Waals surface area contributed by atoms with Crippen LogP contribution in [-0.4, -0.2) is 24.8 Å². The van der Waals surface area contributed by atoms with Crippen LogP contribution in [0.15, 0.2) is 22.7 Å².